The first-order chi connectivity index (χ1) is 14.1. The lowest BCUT2D eigenvalue weighted by Gasteiger charge is -2.25. The molecular weight excluding hydrogens is 374 g/mol. The Labute approximate surface area is 169 Å². The van der Waals surface area contributed by atoms with E-state index in [1.165, 1.54) is 12.0 Å². The van der Waals surface area contributed by atoms with Gasteiger partial charge < -0.3 is 29.7 Å². The van der Waals surface area contributed by atoms with E-state index in [4.69, 9.17) is 14.2 Å². The second-order valence-corrected chi connectivity index (χ2v) is 6.54. The summed E-state index contributed by atoms with van der Waals surface area (Å²) in [5, 5.41) is 5.69. The van der Waals surface area contributed by atoms with Crippen molar-refractivity contribution in [3.63, 3.8) is 0 Å². The van der Waals surface area contributed by atoms with Crippen molar-refractivity contribution in [3.05, 3.63) is 42.5 Å². The number of hydrogen-bond acceptors (Lipinski definition) is 5. The second-order valence-electron chi connectivity index (χ2n) is 6.54. The molecule has 2 N–H and O–H groups in total. The predicted octanol–water partition coefficient (Wildman–Crippen LogP) is 3.35. The molecule has 1 unspecified atom stereocenters. The minimum Gasteiger partial charge on any atom is -0.497 e. The molecular formula is C21H25N3O5. The molecule has 1 aliphatic heterocycles. The number of carbonyl (C=O) groups is 2. The van der Waals surface area contributed by atoms with Gasteiger partial charge >= 0.3 is 6.03 Å². The maximum atomic E-state index is 12.9. The Morgan fingerprint density at radius 2 is 1.66 bits per heavy atom. The topological polar surface area (TPSA) is 89.1 Å². The van der Waals surface area contributed by atoms with Crippen molar-refractivity contribution in [1.29, 1.82) is 0 Å². The summed E-state index contributed by atoms with van der Waals surface area (Å²) >= 11 is 0. The molecule has 154 valence electrons. The van der Waals surface area contributed by atoms with Crippen molar-refractivity contribution in [2.24, 2.45) is 0 Å². The summed E-state index contributed by atoms with van der Waals surface area (Å²) in [5.74, 6) is 1.40. The van der Waals surface area contributed by atoms with Crippen LogP contribution in [0, 0.1) is 0 Å². The van der Waals surface area contributed by atoms with Gasteiger partial charge in [0, 0.05) is 12.6 Å². The zero-order valence-corrected chi connectivity index (χ0v) is 16.7. The highest BCUT2D eigenvalue weighted by Gasteiger charge is 2.34. The maximum Gasteiger partial charge on any atom is 0.322 e. The van der Waals surface area contributed by atoms with Crippen molar-refractivity contribution in [3.8, 4) is 17.2 Å². The number of rotatable bonds is 6. The van der Waals surface area contributed by atoms with Crippen molar-refractivity contribution in [2.75, 3.05) is 38.5 Å². The van der Waals surface area contributed by atoms with Gasteiger partial charge in [-0.2, -0.15) is 0 Å². The molecule has 2 aromatic carbocycles. The van der Waals surface area contributed by atoms with Gasteiger partial charge in [0.1, 0.15) is 23.3 Å². The number of anilines is 2. The first-order valence-electron chi connectivity index (χ1n) is 9.31. The lowest BCUT2D eigenvalue weighted by molar-refractivity contribution is -0.119. The van der Waals surface area contributed by atoms with Crippen LogP contribution in [0.4, 0.5) is 16.2 Å². The number of para-hydroxylation sites is 2. The number of benzene rings is 2. The Morgan fingerprint density at radius 1 is 0.931 bits per heavy atom. The van der Waals surface area contributed by atoms with Gasteiger partial charge in [0.15, 0.2) is 0 Å². The number of hydrogen-bond donors (Lipinski definition) is 2. The van der Waals surface area contributed by atoms with Crippen LogP contribution in [0.5, 0.6) is 17.2 Å². The van der Waals surface area contributed by atoms with Gasteiger partial charge in [-0.3, -0.25) is 4.79 Å². The number of nitrogens with zero attached hydrogens (tertiary/aromatic N) is 1. The van der Waals surface area contributed by atoms with E-state index >= 15 is 0 Å². The highest BCUT2D eigenvalue weighted by molar-refractivity contribution is 6.00. The van der Waals surface area contributed by atoms with Gasteiger partial charge in [-0.15, -0.1) is 0 Å². The number of ether oxygens (including phenoxy) is 3. The van der Waals surface area contributed by atoms with Crippen LogP contribution in [0.1, 0.15) is 12.8 Å². The Morgan fingerprint density at radius 3 is 2.38 bits per heavy atom. The SMILES string of the molecule is COc1ccc(OC)c(NC(=O)C2CCCN2C(=O)Nc2ccccc2OC)c1. The van der Waals surface area contributed by atoms with E-state index in [0.717, 1.165) is 6.42 Å². The molecule has 8 heteroatoms. The largest absolute Gasteiger partial charge is 0.497 e. The molecule has 1 fully saturated rings. The molecule has 1 saturated heterocycles. The zero-order valence-electron chi connectivity index (χ0n) is 16.7. The van der Waals surface area contributed by atoms with E-state index in [2.05, 4.69) is 10.6 Å². The summed E-state index contributed by atoms with van der Waals surface area (Å²) < 4.78 is 15.8. The van der Waals surface area contributed by atoms with Gasteiger partial charge in [-0.25, -0.2) is 4.79 Å². The van der Waals surface area contributed by atoms with Crippen molar-refractivity contribution < 1.29 is 23.8 Å². The predicted molar refractivity (Wildman–Crippen MR) is 110 cm³/mol. The van der Waals surface area contributed by atoms with Crippen molar-refractivity contribution in [2.45, 2.75) is 18.9 Å². The Hall–Kier alpha value is -3.42. The van der Waals surface area contributed by atoms with E-state index in [1.807, 2.05) is 6.07 Å². The molecule has 3 rings (SSSR count). The normalized spacial score (nSPS) is 15.6. The summed E-state index contributed by atoms with van der Waals surface area (Å²) in [6.45, 7) is 0.494. The van der Waals surface area contributed by atoms with Gasteiger partial charge in [0.05, 0.1) is 32.7 Å². The fourth-order valence-electron chi connectivity index (χ4n) is 3.35. The average Bonchev–Trinajstić information content (AvgIpc) is 3.24. The molecule has 1 atom stereocenters. The number of methoxy groups -OCH3 is 3. The van der Waals surface area contributed by atoms with E-state index in [9.17, 15) is 9.59 Å². The van der Waals surface area contributed by atoms with Gasteiger partial charge in [-0.05, 0) is 37.1 Å². The van der Waals surface area contributed by atoms with Crippen LogP contribution in [-0.2, 0) is 4.79 Å². The van der Waals surface area contributed by atoms with Crippen LogP contribution < -0.4 is 24.8 Å². The maximum absolute atomic E-state index is 12.9. The first-order valence-corrected chi connectivity index (χ1v) is 9.31. The standard InChI is InChI=1S/C21H25N3O5/c1-27-14-10-11-19(29-3)16(13-14)22-20(25)17-8-6-12-24(17)21(26)23-15-7-4-5-9-18(15)28-2/h4-5,7,9-11,13,17H,6,8,12H2,1-3H3,(H,22,25)(H,23,26). The summed E-state index contributed by atoms with van der Waals surface area (Å²) in [7, 11) is 4.62. The Balaban J connectivity index is 1.73. The van der Waals surface area contributed by atoms with E-state index in [0.29, 0.717) is 41.6 Å². The average molecular weight is 399 g/mol. The highest BCUT2D eigenvalue weighted by Crippen LogP contribution is 2.30. The van der Waals surface area contributed by atoms with Crippen molar-refractivity contribution in [1.82, 2.24) is 4.90 Å². The molecule has 0 spiro atoms. The molecule has 2 aromatic rings. The molecule has 29 heavy (non-hydrogen) atoms. The van der Waals surface area contributed by atoms with Gasteiger partial charge in [-0.1, -0.05) is 12.1 Å². The summed E-state index contributed by atoms with van der Waals surface area (Å²) in [6.07, 6.45) is 1.32. The van der Waals surface area contributed by atoms with Crippen molar-refractivity contribution >= 4 is 23.3 Å². The number of amides is 3. The second kappa shape index (κ2) is 9.18. The summed E-state index contributed by atoms with van der Waals surface area (Å²) in [6, 6.07) is 11.4. The number of likely N-dealkylation sites (tertiary alicyclic amines) is 1. The lowest BCUT2D eigenvalue weighted by Crippen LogP contribution is -2.45. The molecule has 0 aliphatic carbocycles. The lowest BCUT2D eigenvalue weighted by atomic mass is 10.2. The number of nitrogens with one attached hydrogen (secondary N) is 2. The third kappa shape index (κ3) is 4.53. The van der Waals surface area contributed by atoms with Crippen LogP contribution in [0.3, 0.4) is 0 Å². The molecule has 1 heterocycles. The molecule has 0 bridgehead atoms. The van der Waals surface area contributed by atoms with Crippen LogP contribution >= 0.6 is 0 Å². The summed E-state index contributed by atoms with van der Waals surface area (Å²) in [4.78, 5) is 27.3. The van der Waals surface area contributed by atoms with Crippen LogP contribution in [0.2, 0.25) is 0 Å². The fourth-order valence-corrected chi connectivity index (χ4v) is 3.35. The molecule has 0 aromatic heterocycles. The van der Waals surface area contributed by atoms with E-state index < -0.39 is 6.04 Å². The smallest absolute Gasteiger partial charge is 0.322 e. The molecule has 8 nitrogen and oxygen atoms in total. The van der Waals surface area contributed by atoms with Crippen LogP contribution in [0.15, 0.2) is 42.5 Å². The number of carbonyl (C=O) groups excluding carboxylic acids is 2. The first kappa shape index (κ1) is 20.3. The van der Waals surface area contributed by atoms with Crippen LogP contribution in [0.25, 0.3) is 0 Å². The van der Waals surface area contributed by atoms with E-state index in [-0.39, 0.29) is 11.9 Å². The molecule has 0 radical (unpaired) electrons. The third-order valence-corrected chi connectivity index (χ3v) is 4.83. The molecule has 3 amide bonds. The Bertz CT molecular complexity index is 886. The number of urea groups is 1. The fraction of sp³-hybridized carbons (Fsp3) is 0.333. The van der Waals surface area contributed by atoms with Gasteiger partial charge in [0.25, 0.3) is 0 Å². The van der Waals surface area contributed by atoms with Crippen LogP contribution in [-0.4, -0.2) is 50.8 Å². The minimum absolute atomic E-state index is 0.274. The minimum atomic E-state index is -0.583. The Kier molecular flexibility index (Phi) is 6.43. The monoisotopic (exact) mass is 399 g/mol. The highest BCUT2D eigenvalue weighted by atomic mass is 16.5. The third-order valence-electron chi connectivity index (χ3n) is 4.83. The zero-order chi connectivity index (χ0) is 20.8. The van der Waals surface area contributed by atoms with E-state index in [1.54, 1.807) is 50.6 Å². The quantitative estimate of drug-likeness (QED) is 0.778. The van der Waals surface area contributed by atoms with Gasteiger partial charge in [0.2, 0.25) is 5.91 Å². The summed E-state index contributed by atoms with van der Waals surface area (Å²) in [5.41, 5.74) is 1.05. The molecule has 1 aliphatic rings. The molecule has 0 saturated carbocycles.